The fourth-order valence-corrected chi connectivity index (χ4v) is 1.79. The van der Waals surface area contributed by atoms with Gasteiger partial charge < -0.3 is 19.8 Å². The average molecular weight is 255 g/mol. The number of rotatable bonds is 6. The third-order valence-corrected chi connectivity index (χ3v) is 2.87. The molecule has 6 heteroatoms. The molecule has 0 spiro atoms. The van der Waals surface area contributed by atoms with Crippen molar-refractivity contribution >= 4 is 6.03 Å². The summed E-state index contributed by atoms with van der Waals surface area (Å²) in [6, 6.07) is -0.154. The van der Waals surface area contributed by atoms with Crippen LogP contribution < -0.4 is 5.32 Å². The third-order valence-electron chi connectivity index (χ3n) is 2.87. The van der Waals surface area contributed by atoms with E-state index in [0.717, 1.165) is 17.0 Å². The first kappa shape index (κ1) is 14.5. The number of nitrogens with zero attached hydrogens (tertiary/aromatic N) is 2. The van der Waals surface area contributed by atoms with Gasteiger partial charge in [0, 0.05) is 25.2 Å². The van der Waals surface area contributed by atoms with E-state index in [1.54, 1.807) is 4.90 Å². The molecule has 2 amide bonds. The van der Waals surface area contributed by atoms with Crippen molar-refractivity contribution in [2.24, 2.45) is 0 Å². The standard InChI is InChI=1S/C12H21N3O3/c1-4-15(7-8-16)12(17)13-6-5-11-9(2)14-18-10(11)3/h16H,4-8H2,1-3H3,(H,13,17). The molecule has 0 fully saturated rings. The zero-order valence-electron chi connectivity index (χ0n) is 11.2. The predicted octanol–water partition coefficient (Wildman–Crippen LogP) is 0.858. The number of urea groups is 1. The van der Waals surface area contributed by atoms with Gasteiger partial charge >= 0.3 is 6.03 Å². The minimum atomic E-state index is -0.154. The van der Waals surface area contributed by atoms with Gasteiger partial charge in [0.2, 0.25) is 0 Å². The number of aliphatic hydroxyl groups excluding tert-OH is 1. The van der Waals surface area contributed by atoms with Gasteiger partial charge in [-0.15, -0.1) is 0 Å². The number of nitrogens with one attached hydrogen (secondary N) is 1. The zero-order valence-corrected chi connectivity index (χ0v) is 11.2. The average Bonchev–Trinajstić information content (AvgIpc) is 2.67. The fourth-order valence-electron chi connectivity index (χ4n) is 1.79. The van der Waals surface area contributed by atoms with E-state index in [1.807, 2.05) is 20.8 Å². The van der Waals surface area contributed by atoms with Crippen LogP contribution in [0.1, 0.15) is 23.9 Å². The maximum atomic E-state index is 11.7. The lowest BCUT2D eigenvalue weighted by Crippen LogP contribution is -2.42. The number of carbonyl (C=O) groups excluding carboxylic acids is 1. The van der Waals surface area contributed by atoms with E-state index >= 15 is 0 Å². The molecule has 0 aliphatic rings. The summed E-state index contributed by atoms with van der Waals surface area (Å²) < 4.78 is 5.05. The lowest BCUT2D eigenvalue weighted by atomic mass is 10.1. The van der Waals surface area contributed by atoms with Crippen LogP contribution in [-0.2, 0) is 6.42 Å². The normalized spacial score (nSPS) is 10.4. The molecule has 18 heavy (non-hydrogen) atoms. The van der Waals surface area contributed by atoms with Crippen LogP contribution >= 0.6 is 0 Å². The maximum absolute atomic E-state index is 11.7. The molecule has 0 aliphatic heterocycles. The topological polar surface area (TPSA) is 78.6 Å². The van der Waals surface area contributed by atoms with Crippen molar-refractivity contribution < 1.29 is 14.4 Å². The minimum Gasteiger partial charge on any atom is -0.395 e. The van der Waals surface area contributed by atoms with Gasteiger partial charge in [-0.1, -0.05) is 5.16 Å². The van der Waals surface area contributed by atoms with Gasteiger partial charge in [0.15, 0.2) is 0 Å². The highest BCUT2D eigenvalue weighted by atomic mass is 16.5. The number of aromatic nitrogens is 1. The van der Waals surface area contributed by atoms with Crippen LogP contribution in [0.25, 0.3) is 0 Å². The van der Waals surface area contributed by atoms with Crippen LogP contribution in [0.4, 0.5) is 4.79 Å². The molecule has 0 aliphatic carbocycles. The lowest BCUT2D eigenvalue weighted by Gasteiger charge is -2.20. The molecule has 6 nitrogen and oxygen atoms in total. The summed E-state index contributed by atoms with van der Waals surface area (Å²) in [5.41, 5.74) is 1.91. The summed E-state index contributed by atoms with van der Waals surface area (Å²) in [4.78, 5) is 13.3. The van der Waals surface area contributed by atoms with Gasteiger partial charge in [-0.05, 0) is 27.2 Å². The highest BCUT2D eigenvalue weighted by Crippen LogP contribution is 2.12. The smallest absolute Gasteiger partial charge is 0.317 e. The van der Waals surface area contributed by atoms with Gasteiger partial charge in [-0.25, -0.2) is 4.79 Å². The molecule has 0 saturated heterocycles. The predicted molar refractivity (Wildman–Crippen MR) is 67.4 cm³/mol. The molecule has 0 radical (unpaired) electrons. The molecule has 0 saturated carbocycles. The molecule has 2 N–H and O–H groups in total. The van der Waals surface area contributed by atoms with Gasteiger partial charge in [0.25, 0.3) is 0 Å². The lowest BCUT2D eigenvalue weighted by molar-refractivity contribution is 0.180. The molecule has 1 aromatic rings. The van der Waals surface area contributed by atoms with Crippen molar-refractivity contribution in [3.8, 4) is 0 Å². The van der Waals surface area contributed by atoms with E-state index < -0.39 is 0 Å². The monoisotopic (exact) mass is 255 g/mol. The fraction of sp³-hybridized carbons (Fsp3) is 0.667. The second-order valence-corrected chi connectivity index (χ2v) is 4.09. The van der Waals surface area contributed by atoms with Crippen LogP contribution in [0.5, 0.6) is 0 Å². The highest BCUT2D eigenvalue weighted by molar-refractivity contribution is 5.74. The minimum absolute atomic E-state index is 0.0227. The van der Waals surface area contributed by atoms with Crippen molar-refractivity contribution in [3.63, 3.8) is 0 Å². The number of hydrogen-bond acceptors (Lipinski definition) is 4. The molecule has 102 valence electrons. The first-order valence-electron chi connectivity index (χ1n) is 6.15. The Morgan fingerprint density at radius 3 is 2.72 bits per heavy atom. The van der Waals surface area contributed by atoms with Gasteiger partial charge in [0.05, 0.1) is 12.3 Å². The van der Waals surface area contributed by atoms with Crippen molar-refractivity contribution in [2.45, 2.75) is 27.2 Å². The molecule has 0 aromatic carbocycles. The third kappa shape index (κ3) is 3.73. The molecule has 1 heterocycles. The number of hydrogen-bond donors (Lipinski definition) is 2. The maximum Gasteiger partial charge on any atom is 0.317 e. The Balaban J connectivity index is 2.39. The van der Waals surface area contributed by atoms with Crippen molar-refractivity contribution in [2.75, 3.05) is 26.2 Å². The first-order chi connectivity index (χ1) is 8.60. The van der Waals surface area contributed by atoms with Gasteiger partial charge in [0.1, 0.15) is 5.76 Å². The zero-order chi connectivity index (χ0) is 13.5. The van der Waals surface area contributed by atoms with E-state index in [2.05, 4.69) is 10.5 Å². The number of aliphatic hydroxyl groups is 1. The van der Waals surface area contributed by atoms with Crippen LogP contribution in [0, 0.1) is 13.8 Å². The molecular formula is C12H21N3O3. The largest absolute Gasteiger partial charge is 0.395 e. The Morgan fingerprint density at radius 1 is 1.50 bits per heavy atom. The summed E-state index contributed by atoms with van der Waals surface area (Å²) in [6.45, 7) is 7.07. The Morgan fingerprint density at radius 2 is 2.22 bits per heavy atom. The molecule has 1 aromatic heterocycles. The second kappa shape index (κ2) is 7.00. The number of carbonyl (C=O) groups is 1. The van der Waals surface area contributed by atoms with Crippen molar-refractivity contribution in [1.82, 2.24) is 15.4 Å². The van der Waals surface area contributed by atoms with Crippen LogP contribution in [-0.4, -0.2) is 47.4 Å². The number of amides is 2. The van der Waals surface area contributed by atoms with Crippen molar-refractivity contribution in [3.05, 3.63) is 17.0 Å². The summed E-state index contributed by atoms with van der Waals surface area (Å²) in [5.74, 6) is 0.796. The molecule has 0 unspecified atom stereocenters. The second-order valence-electron chi connectivity index (χ2n) is 4.09. The molecule has 0 atom stereocenters. The Kier molecular flexibility index (Phi) is 5.64. The Labute approximate surface area is 107 Å². The van der Waals surface area contributed by atoms with E-state index in [4.69, 9.17) is 9.63 Å². The van der Waals surface area contributed by atoms with E-state index in [9.17, 15) is 4.79 Å². The summed E-state index contributed by atoms with van der Waals surface area (Å²) in [7, 11) is 0. The summed E-state index contributed by atoms with van der Waals surface area (Å²) in [6.07, 6.45) is 0.698. The van der Waals surface area contributed by atoms with Crippen LogP contribution in [0.3, 0.4) is 0 Å². The summed E-state index contributed by atoms with van der Waals surface area (Å²) in [5, 5.41) is 15.5. The van der Waals surface area contributed by atoms with Gasteiger partial charge in [-0.2, -0.15) is 0 Å². The molecule has 1 rings (SSSR count). The van der Waals surface area contributed by atoms with Crippen LogP contribution in [0.2, 0.25) is 0 Å². The Hall–Kier alpha value is -1.56. The quantitative estimate of drug-likeness (QED) is 0.790. The summed E-state index contributed by atoms with van der Waals surface area (Å²) >= 11 is 0. The highest BCUT2D eigenvalue weighted by Gasteiger charge is 2.12. The Bertz CT molecular complexity index is 370. The SMILES string of the molecule is CCN(CCO)C(=O)NCCc1c(C)noc1C. The van der Waals surface area contributed by atoms with E-state index in [-0.39, 0.29) is 12.6 Å². The molecule has 0 bridgehead atoms. The van der Waals surface area contributed by atoms with Crippen LogP contribution in [0.15, 0.2) is 4.52 Å². The van der Waals surface area contributed by atoms with E-state index in [0.29, 0.717) is 26.1 Å². The number of aryl methyl sites for hydroxylation is 2. The number of likely N-dealkylation sites (N-methyl/N-ethyl adjacent to an activating group) is 1. The van der Waals surface area contributed by atoms with E-state index in [1.165, 1.54) is 0 Å². The molecular weight excluding hydrogens is 234 g/mol. The van der Waals surface area contributed by atoms with Gasteiger partial charge in [-0.3, -0.25) is 0 Å². The van der Waals surface area contributed by atoms with Crippen molar-refractivity contribution in [1.29, 1.82) is 0 Å². The first-order valence-corrected chi connectivity index (χ1v) is 6.15.